The monoisotopic (exact) mass is 569 g/mol. The van der Waals surface area contributed by atoms with Crippen molar-refractivity contribution in [3.63, 3.8) is 0 Å². The zero-order valence-corrected chi connectivity index (χ0v) is 23.6. The van der Waals surface area contributed by atoms with Gasteiger partial charge in [0.1, 0.15) is 18.1 Å². The molecule has 0 aromatic rings. The maximum absolute atomic E-state index is 13.7. The maximum atomic E-state index is 13.7. The molecule has 2 heterocycles. The molecule has 222 valence electrons. The number of carbonyl (C=O) groups excluding carboxylic acids is 4. The van der Waals surface area contributed by atoms with Gasteiger partial charge in [-0.15, -0.1) is 0 Å². The molecule has 2 saturated heterocycles. The summed E-state index contributed by atoms with van der Waals surface area (Å²) < 4.78 is 45.2. The number of amides is 4. The fourth-order valence-corrected chi connectivity index (χ4v) is 6.56. The summed E-state index contributed by atoms with van der Waals surface area (Å²) in [5.41, 5.74) is -1.32. The Hall–Kier alpha value is -2.88. The van der Waals surface area contributed by atoms with Crippen molar-refractivity contribution in [1.82, 2.24) is 20.9 Å². The zero-order chi connectivity index (χ0) is 30.0. The van der Waals surface area contributed by atoms with Crippen molar-refractivity contribution < 1.29 is 37.1 Å². The highest BCUT2D eigenvalue weighted by Crippen LogP contribution is 2.65. The van der Waals surface area contributed by atoms with Crippen LogP contribution < -0.4 is 16.0 Å². The molecule has 0 bridgehead atoms. The van der Waals surface area contributed by atoms with Crippen LogP contribution in [0.4, 0.5) is 13.2 Å². The van der Waals surface area contributed by atoms with Crippen LogP contribution in [0.2, 0.25) is 0 Å². The second-order valence-corrected chi connectivity index (χ2v) is 13.4. The van der Waals surface area contributed by atoms with Crippen LogP contribution in [0.25, 0.3) is 0 Å². The number of rotatable bonds is 8. The second kappa shape index (κ2) is 9.89. The molecule has 0 radical (unpaired) electrons. The number of alkyl halides is 3. The zero-order valence-electron chi connectivity index (χ0n) is 23.6. The molecule has 1 spiro atoms. The van der Waals surface area contributed by atoms with Crippen molar-refractivity contribution in [3.05, 3.63) is 0 Å². The van der Waals surface area contributed by atoms with Crippen molar-refractivity contribution in [1.29, 1.82) is 5.26 Å². The van der Waals surface area contributed by atoms with E-state index in [1.54, 1.807) is 26.1 Å². The summed E-state index contributed by atoms with van der Waals surface area (Å²) in [4.78, 5) is 52.8. The Morgan fingerprint density at radius 2 is 1.82 bits per heavy atom. The summed E-state index contributed by atoms with van der Waals surface area (Å²) in [5.74, 6) is -4.69. The highest BCUT2D eigenvalue weighted by atomic mass is 19.4. The van der Waals surface area contributed by atoms with Gasteiger partial charge in [-0.1, -0.05) is 13.8 Å². The molecule has 7 unspecified atom stereocenters. The molecule has 0 aromatic carbocycles. The first-order valence-corrected chi connectivity index (χ1v) is 13.7. The minimum Gasteiger partial charge on any atom is -0.370 e. The normalized spacial score (nSPS) is 30.0. The van der Waals surface area contributed by atoms with E-state index >= 15 is 0 Å². The maximum Gasteiger partial charge on any atom is 0.471 e. The summed E-state index contributed by atoms with van der Waals surface area (Å²) in [6, 6.07) is -1.70. The molecular weight excluding hydrogens is 531 g/mol. The van der Waals surface area contributed by atoms with Crippen LogP contribution >= 0.6 is 0 Å². The number of nitrogens with zero attached hydrogens (tertiary/aromatic N) is 2. The topological polar surface area (TPSA) is 141 Å². The van der Waals surface area contributed by atoms with Crippen LogP contribution in [0, 0.1) is 34.5 Å². The number of ether oxygens (including phenoxy) is 1. The van der Waals surface area contributed by atoms with Crippen molar-refractivity contribution in [3.8, 4) is 6.07 Å². The second-order valence-electron chi connectivity index (χ2n) is 13.4. The SMILES string of the molecule is CC(OC(C)(C)C)C(NC(=O)C(F)(F)F)C(=O)N1CC2C(C1C(=O)NC(C#N)CC1CC3(CC3)NC1=O)C2(C)C. The van der Waals surface area contributed by atoms with Gasteiger partial charge >= 0.3 is 12.1 Å². The van der Waals surface area contributed by atoms with E-state index in [2.05, 4.69) is 10.6 Å². The van der Waals surface area contributed by atoms with Gasteiger partial charge in [0, 0.05) is 18.0 Å². The molecule has 2 aliphatic heterocycles. The highest BCUT2D eigenvalue weighted by Gasteiger charge is 2.70. The number of hydrogen-bond donors (Lipinski definition) is 3. The number of carbonyl (C=O) groups is 4. The summed E-state index contributed by atoms with van der Waals surface area (Å²) in [6.07, 6.45) is -3.88. The quantitative estimate of drug-likeness (QED) is 0.407. The Bertz CT molecular complexity index is 1120. The molecule has 2 saturated carbocycles. The third kappa shape index (κ3) is 5.92. The number of halogens is 3. The van der Waals surface area contributed by atoms with E-state index in [9.17, 15) is 37.6 Å². The Morgan fingerprint density at radius 3 is 2.33 bits per heavy atom. The van der Waals surface area contributed by atoms with Gasteiger partial charge in [-0.3, -0.25) is 19.2 Å². The van der Waals surface area contributed by atoms with E-state index in [4.69, 9.17) is 4.74 Å². The van der Waals surface area contributed by atoms with Crippen LogP contribution in [0.5, 0.6) is 0 Å². The van der Waals surface area contributed by atoms with Crippen LogP contribution in [-0.2, 0) is 23.9 Å². The number of nitriles is 1. The molecule has 7 atom stereocenters. The van der Waals surface area contributed by atoms with E-state index in [1.165, 1.54) is 11.8 Å². The highest BCUT2D eigenvalue weighted by molar-refractivity contribution is 5.95. The Balaban J connectivity index is 1.53. The van der Waals surface area contributed by atoms with Crippen LogP contribution in [0.15, 0.2) is 0 Å². The third-order valence-corrected chi connectivity index (χ3v) is 8.82. The summed E-state index contributed by atoms with van der Waals surface area (Å²) >= 11 is 0. The molecular formula is C27H38F3N5O5. The van der Waals surface area contributed by atoms with Crippen molar-refractivity contribution >= 4 is 23.6 Å². The van der Waals surface area contributed by atoms with E-state index in [0.29, 0.717) is 6.42 Å². The number of likely N-dealkylation sites (tertiary alicyclic amines) is 1. The first kappa shape index (κ1) is 30.1. The van der Waals surface area contributed by atoms with Gasteiger partial charge in [0.15, 0.2) is 0 Å². The minimum absolute atomic E-state index is 0.0825. The lowest BCUT2D eigenvalue weighted by Crippen LogP contribution is -2.61. The van der Waals surface area contributed by atoms with E-state index in [1.807, 2.05) is 19.9 Å². The van der Waals surface area contributed by atoms with Gasteiger partial charge < -0.3 is 25.6 Å². The number of nitrogens with one attached hydrogen (secondary N) is 3. The Kier molecular flexibility index (Phi) is 7.44. The van der Waals surface area contributed by atoms with Gasteiger partial charge in [-0.05, 0) is 70.6 Å². The van der Waals surface area contributed by atoms with Crippen molar-refractivity contribution in [2.75, 3.05) is 6.54 Å². The molecule has 10 nitrogen and oxygen atoms in total. The lowest BCUT2D eigenvalue weighted by Gasteiger charge is -2.36. The van der Waals surface area contributed by atoms with E-state index in [0.717, 1.165) is 12.8 Å². The molecule has 4 aliphatic rings. The van der Waals surface area contributed by atoms with Gasteiger partial charge in [0.2, 0.25) is 17.7 Å². The lowest BCUT2D eigenvalue weighted by molar-refractivity contribution is -0.177. The Morgan fingerprint density at radius 1 is 1.20 bits per heavy atom. The number of piperidine rings is 1. The molecule has 0 aromatic heterocycles. The summed E-state index contributed by atoms with van der Waals surface area (Å²) in [6.45, 7) is 10.4. The van der Waals surface area contributed by atoms with Crippen molar-refractivity contribution in [2.45, 2.75) is 109 Å². The minimum atomic E-state index is -5.22. The van der Waals surface area contributed by atoms with Crippen LogP contribution in [0.3, 0.4) is 0 Å². The number of fused-ring (bicyclic) bond motifs is 1. The first-order chi connectivity index (χ1) is 18.3. The molecule has 4 fully saturated rings. The molecule has 40 heavy (non-hydrogen) atoms. The van der Waals surface area contributed by atoms with Gasteiger partial charge in [-0.25, -0.2) is 0 Å². The molecule has 4 amide bonds. The summed E-state index contributed by atoms with van der Waals surface area (Å²) in [7, 11) is 0. The Labute approximate surface area is 231 Å². The van der Waals surface area contributed by atoms with Gasteiger partial charge in [-0.2, -0.15) is 18.4 Å². The largest absolute Gasteiger partial charge is 0.471 e. The van der Waals surface area contributed by atoms with Crippen molar-refractivity contribution in [2.24, 2.45) is 23.2 Å². The molecule has 13 heteroatoms. The van der Waals surface area contributed by atoms with E-state index in [-0.39, 0.29) is 41.7 Å². The van der Waals surface area contributed by atoms with Gasteiger partial charge in [0.25, 0.3) is 0 Å². The number of hydrogen-bond acceptors (Lipinski definition) is 6. The molecule has 3 N–H and O–H groups in total. The first-order valence-electron chi connectivity index (χ1n) is 13.7. The summed E-state index contributed by atoms with van der Waals surface area (Å²) in [5, 5.41) is 17.2. The lowest BCUT2D eigenvalue weighted by atomic mass is 9.95. The average Bonchev–Trinajstić information content (AvgIpc) is 3.53. The fourth-order valence-electron chi connectivity index (χ4n) is 6.56. The average molecular weight is 570 g/mol. The van der Waals surface area contributed by atoms with Crippen LogP contribution in [0.1, 0.15) is 67.2 Å². The predicted octanol–water partition coefficient (Wildman–Crippen LogP) is 1.79. The van der Waals surface area contributed by atoms with Gasteiger partial charge in [0.05, 0.1) is 17.8 Å². The standard InChI is InChI=1S/C27H38F3N5O5/c1-13(40-24(2,3)4)18(33-23(39)27(28,29)30)22(38)35-12-16-17(25(16,5)6)19(35)21(37)32-15(11-31)9-14-10-26(7-8-26)34-20(14)36/h13-19H,7-10,12H2,1-6H3,(H,32,37)(H,33,39)(H,34,36). The fraction of sp³-hybridized carbons (Fsp3) is 0.815. The smallest absolute Gasteiger partial charge is 0.370 e. The van der Waals surface area contributed by atoms with Crippen LogP contribution in [-0.4, -0.2) is 76.6 Å². The molecule has 2 aliphatic carbocycles. The predicted molar refractivity (Wildman–Crippen MR) is 135 cm³/mol. The van der Waals surface area contributed by atoms with E-state index < -0.39 is 59.6 Å². The molecule has 4 rings (SSSR count). The third-order valence-electron chi connectivity index (χ3n) is 8.82.